The molecular weight excluding hydrogens is 274 g/mol. The summed E-state index contributed by atoms with van der Waals surface area (Å²) in [5.41, 5.74) is 0.562. The summed E-state index contributed by atoms with van der Waals surface area (Å²) < 4.78 is 1.37. The van der Waals surface area contributed by atoms with Gasteiger partial charge in [0.2, 0.25) is 0 Å². The van der Waals surface area contributed by atoms with Gasteiger partial charge in [-0.3, -0.25) is 14.3 Å². The van der Waals surface area contributed by atoms with Crippen molar-refractivity contribution >= 4 is 21.6 Å². The maximum Gasteiger partial charge on any atom is 0.329 e. The Morgan fingerprint density at radius 3 is 2.85 bits per heavy atom. The molecule has 3 heterocycles. The molecule has 108 valence electrons. The molecule has 0 aromatic carbocycles. The third kappa shape index (κ3) is 2.23. The first-order chi connectivity index (χ1) is 9.58. The molecule has 20 heavy (non-hydrogen) atoms. The van der Waals surface area contributed by atoms with Crippen molar-refractivity contribution in [3.8, 4) is 0 Å². The standard InChI is InChI=1S/C14H19N3O2S/c1-8-9(2)20-12-11(8)13(18)17(14(19)16-12)7-10-4-3-5-15-6-10/h10,15H,3-7H2,1-2H3,(H,16,19). The molecule has 0 radical (unpaired) electrons. The fourth-order valence-corrected chi connectivity index (χ4v) is 3.91. The summed E-state index contributed by atoms with van der Waals surface area (Å²) in [5.74, 6) is 0.361. The van der Waals surface area contributed by atoms with E-state index in [-0.39, 0.29) is 11.2 Å². The zero-order valence-electron chi connectivity index (χ0n) is 11.8. The zero-order valence-corrected chi connectivity index (χ0v) is 12.6. The van der Waals surface area contributed by atoms with E-state index in [0.717, 1.165) is 36.4 Å². The number of aromatic nitrogens is 2. The van der Waals surface area contributed by atoms with Crippen molar-refractivity contribution in [1.82, 2.24) is 14.9 Å². The van der Waals surface area contributed by atoms with Crippen molar-refractivity contribution in [2.24, 2.45) is 5.92 Å². The number of thiophene rings is 1. The lowest BCUT2D eigenvalue weighted by molar-refractivity contribution is 0.330. The quantitative estimate of drug-likeness (QED) is 0.879. The molecular formula is C14H19N3O2S. The Bertz CT molecular complexity index is 750. The van der Waals surface area contributed by atoms with Crippen LogP contribution in [0.5, 0.6) is 0 Å². The molecule has 0 amide bonds. The van der Waals surface area contributed by atoms with Gasteiger partial charge in [-0.25, -0.2) is 4.79 Å². The van der Waals surface area contributed by atoms with Crippen LogP contribution in [0, 0.1) is 19.8 Å². The van der Waals surface area contributed by atoms with Crippen LogP contribution in [-0.2, 0) is 6.54 Å². The van der Waals surface area contributed by atoms with Gasteiger partial charge in [0.15, 0.2) is 0 Å². The third-order valence-corrected chi connectivity index (χ3v) is 5.27. The monoisotopic (exact) mass is 293 g/mol. The van der Waals surface area contributed by atoms with Gasteiger partial charge in [0.05, 0.1) is 5.39 Å². The van der Waals surface area contributed by atoms with Crippen LogP contribution in [-0.4, -0.2) is 22.6 Å². The number of rotatable bonds is 2. The molecule has 1 aliphatic rings. The van der Waals surface area contributed by atoms with Gasteiger partial charge in [-0.05, 0) is 51.3 Å². The molecule has 1 aliphatic heterocycles. The van der Waals surface area contributed by atoms with Gasteiger partial charge in [-0.1, -0.05) is 0 Å². The molecule has 0 bridgehead atoms. The highest BCUT2D eigenvalue weighted by molar-refractivity contribution is 7.18. The normalized spacial score (nSPS) is 19.6. The Labute approximate surface area is 120 Å². The molecule has 6 heteroatoms. The molecule has 0 saturated carbocycles. The predicted octanol–water partition coefficient (Wildman–Crippen LogP) is 1.37. The molecule has 1 atom stereocenters. The summed E-state index contributed by atoms with van der Waals surface area (Å²) >= 11 is 1.48. The second-order valence-corrected chi connectivity index (χ2v) is 6.77. The van der Waals surface area contributed by atoms with Crippen LogP contribution in [0.25, 0.3) is 10.2 Å². The maximum atomic E-state index is 12.6. The predicted molar refractivity (Wildman–Crippen MR) is 81.8 cm³/mol. The number of H-pyrrole nitrogens is 1. The molecule has 2 aromatic heterocycles. The number of aromatic amines is 1. The second-order valence-electron chi connectivity index (χ2n) is 5.55. The molecule has 1 fully saturated rings. The van der Waals surface area contributed by atoms with Crippen LogP contribution in [0.1, 0.15) is 23.3 Å². The molecule has 3 rings (SSSR count). The summed E-state index contributed by atoms with van der Waals surface area (Å²) in [6.07, 6.45) is 2.18. The van der Waals surface area contributed by atoms with Crippen molar-refractivity contribution in [3.05, 3.63) is 31.3 Å². The molecule has 2 N–H and O–H groups in total. The molecule has 2 aromatic rings. The minimum atomic E-state index is -0.283. The molecule has 0 spiro atoms. The number of hydrogen-bond acceptors (Lipinski definition) is 4. The van der Waals surface area contributed by atoms with Crippen LogP contribution in [0.3, 0.4) is 0 Å². The lowest BCUT2D eigenvalue weighted by atomic mass is 10.00. The van der Waals surface area contributed by atoms with E-state index in [4.69, 9.17) is 0 Å². The Morgan fingerprint density at radius 2 is 2.15 bits per heavy atom. The topological polar surface area (TPSA) is 66.9 Å². The van der Waals surface area contributed by atoms with E-state index in [2.05, 4.69) is 10.3 Å². The number of nitrogens with zero attached hydrogens (tertiary/aromatic N) is 1. The van der Waals surface area contributed by atoms with Crippen LogP contribution >= 0.6 is 11.3 Å². The van der Waals surface area contributed by atoms with Crippen molar-refractivity contribution in [3.63, 3.8) is 0 Å². The highest BCUT2D eigenvalue weighted by Crippen LogP contribution is 2.25. The van der Waals surface area contributed by atoms with Gasteiger partial charge in [-0.2, -0.15) is 0 Å². The summed E-state index contributed by atoms with van der Waals surface area (Å²) in [6, 6.07) is 0. The van der Waals surface area contributed by atoms with E-state index in [0.29, 0.717) is 22.7 Å². The smallest absolute Gasteiger partial charge is 0.316 e. The van der Waals surface area contributed by atoms with Gasteiger partial charge in [0.25, 0.3) is 5.56 Å². The fourth-order valence-electron chi connectivity index (χ4n) is 2.87. The molecule has 0 aliphatic carbocycles. The second kappa shape index (κ2) is 5.18. The lowest BCUT2D eigenvalue weighted by Crippen LogP contribution is -2.40. The summed E-state index contributed by atoms with van der Waals surface area (Å²) in [6.45, 7) is 6.34. The van der Waals surface area contributed by atoms with Gasteiger partial charge < -0.3 is 5.32 Å². The van der Waals surface area contributed by atoms with E-state index < -0.39 is 0 Å². The number of nitrogens with one attached hydrogen (secondary N) is 2. The minimum Gasteiger partial charge on any atom is -0.316 e. The molecule has 1 saturated heterocycles. The van der Waals surface area contributed by atoms with E-state index in [1.54, 1.807) is 0 Å². The summed E-state index contributed by atoms with van der Waals surface area (Å²) in [5, 5.41) is 4.00. The van der Waals surface area contributed by atoms with Crippen molar-refractivity contribution in [2.75, 3.05) is 13.1 Å². The third-order valence-electron chi connectivity index (χ3n) is 4.15. The van der Waals surface area contributed by atoms with Crippen molar-refractivity contribution < 1.29 is 0 Å². The highest BCUT2D eigenvalue weighted by Gasteiger charge is 2.18. The lowest BCUT2D eigenvalue weighted by Gasteiger charge is -2.22. The van der Waals surface area contributed by atoms with Gasteiger partial charge in [-0.15, -0.1) is 11.3 Å². The van der Waals surface area contributed by atoms with Crippen LogP contribution < -0.4 is 16.6 Å². The first-order valence-electron chi connectivity index (χ1n) is 7.01. The number of piperidine rings is 1. The Morgan fingerprint density at radius 1 is 1.35 bits per heavy atom. The Hall–Kier alpha value is -1.40. The number of aryl methyl sites for hydroxylation is 2. The Balaban J connectivity index is 2.08. The first-order valence-corrected chi connectivity index (χ1v) is 7.83. The average Bonchev–Trinajstić information content (AvgIpc) is 2.71. The molecule has 1 unspecified atom stereocenters. The van der Waals surface area contributed by atoms with E-state index in [1.165, 1.54) is 15.9 Å². The van der Waals surface area contributed by atoms with E-state index in [1.807, 2.05) is 13.8 Å². The first kappa shape index (κ1) is 13.6. The van der Waals surface area contributed by atoms with Gasteiger partial charge in [0, 0.05) is 11.4 Å². The Kier molecular flexibility index (Phi) is 3.52. The van der Waals surface area contributed by atoms with Crippen LogP contribution in [0.2, 0.25) is 0 Å². The summed E-state index contributed by atoms with van der Waals surface area (Å²) in [4.78, 5) is 29.4. The van der Waals surface area contributed by atoms with Gasteiger partial charge >= 0.3 is 5.69 Å². The number of hydrogen-bond donors (Lipinski definition) is 2. The van der Waals surface area contributed by atoms with E-state index in [9.17, 15) is 9.59 Å². The van der Waals surface area contributed by atoms with Crippen LogP contribution in [0.15, 0.2) is 9.59 Å². The van der Waals surface area contributed by atoms with Crippen molar-refractivity contribution in [2.45, 2.75) is 33.2 Å². The fraction of sp³-hybridized carbons (Fsp3) is 0.571. The SMILES string of the molecule is Cc1sc2[nH]c(=O)n(CC3CCCNC3)c(=O)c2c1C. The molecule has 5 nitrogen and oxygen atoms in total. The zero-order chi connectivity index (χ0) is 14.3. The van der Waals surface area contributed by atoms with Crippen LogP contribution in [0.4, 0.5) is 0 Å². The van der Waals surface area contributed by atoms with Gasteiger partial charge in [0.1, 0.15) is 4.83 Å². The maximum absolute atomic E-state index is 12.6. The van der Waals surface area contributed by atoms with Crippen molar-refractivity contribution in [1.29, 1.82) is 0 Å². The average molecular weight is 293 g/mol. The largest absolute Gasteiger partial charge is 0.329 e. The van der Waals surface area contributed by atoms with E-state index >= 15 is 0 Å². The highest BCUT2D eigenvalue weighted by atomic mass is 32.1. The minimum absolute atomic E-state index is 0.142. The number of fused-ring (bicyclic) bond motifs is 1. The summed E-state index contributed by atoms with van der Waals surface area (Å²) in [7, 11) is 0.